The molecule has 0 saturated heterocycles. The third-order valence-electron chi connectivity index (χ3n) is 12.6. The summed E-state index contributed by atoms with van der Waals surface area (Å²) in [5.41, 5.74) is 14.7. The summed E-state index contributed by atoms with van der Waals surface area (Å²) < 4.78 is 0. The minimum Gasteiger partial charge on any atom is -0.0622 e. The van der Waals surface area contributed by atoms with E-state index in [1.165, 1.54) is 121 Å². The van der Waals surface area contributed by atoms with E-state index in [0.29, 0.717) is 0 Å². The van der Waals surface area contributed by atoms with Gasteiger partial charge in [0, 0.05) is 0 Å². The Morgan fingerprint density at radius 3 is 0.900 bits per heavy atom. The Kier molecular flexibility index (Phi) is 7.96. The first kappa shape index (κ1) is 34.3. The fraction of sp³-hybridized carbons (Fsp3) is 0. The fourth-order valence-electron chi connectivity index (χ4n) is 9.65. The van der Waals surface area contributed by atoms with Crippen LogP contribution in [0, 0.1) is 0 Å². The molecule has 278 valence electrons. The summed E-state index contributed by atoms with van der Waals surface area (Å²) in [6, 6.07) is 85.3. The van der Waals surface area contributed by atoms with Gasteiger partial charge in [-0.2, -0.15) is 0 Å². The predicted octanol–water partition coefficient (Wildman–Crippen LogP) is 16.9. The number of benzene rings is 12. The Morgan fingerprint density at radius 1 is 0.167 bits per heavy atom. The molecule has 0 bridgehead atoms. The largest absolute Gasteiger partial charge is 0.0622 e. The molecule has 60 heavy (non-hydrogen) atoms. The van der Waals surface area contributed by atoms with E-state index in [0.717, 1.165) is 0 Å². The van der Waals surface area contributed by atoms with Crippen LogP contribution in [-0.4, -0.2) is 0 Å². The van der Waals surface area contributed by atoms with Crippen molar-refractivity contribution in [2.45, 2.75) is 0 Å². The molecule has 0 heteroatoms. The van der Waals surface area contributed by atoms with Crippen LogP contribution in [0.5, 0.6) is 0 Å². The fourth-order valence-corrected chi connectivity index (χ4v) is 9.65. The third-order valence-corrected chi connectivity index (χ3v) is 12.6. The van der Waals surface area contributed by atoms with Gasteiger partial charge in [-0.15, -0.1) is 0 Å². The van der Waals surface area contributed by atoms with Crippen LogP contribution in [0.4, 0.5) is 0 Å². The van der Waals surface area contributed by atoms with Crippen LogP contribution < -0.4 is 0 Å². The molecule has 0 spiro atoms. The van der Waals surface area contributed by atoms with E-state index in [-0.39, 0.29) is 0 Å². The SMILES string of the molecule is c1ccc(-c2cc(-c3cccc(-c4ccc5ccccc5c4)c3)c3ccc4c(-c5ccccc5)cc(-c5cccc(-c6ccc7ccccc7c6)c5)c5ccc2c3c45)cc1. The number of rotatable bonds is 6. The van der Waals surface area contributed by atoms with Crippen LogP contribution >= 0.6 is 0 Å². The van der Waals surface area contributed by atoms with Gasteiger partial charge in [-0.25, -0.2) is 0 Å². The van der Waals surface area contributed by atoms with Crippen molar-refractivity contribution in [3.8, 4) is 66.8 Å². The molecule has 0 heterocycles. The average Bonchev–Trinajstić information content (AvgIpc) is 3.33. The van der Waals surface area contributed by atoms with Crippen LogP contribution in [0.15, 0.2) is 231 Å². The highest BCUT2D eigenvalue weighted by molar-refractivity contribution is 6.32. The van der Waals surface area contributed by atoms with Gasteiger partial charge in [0.2, 0.25) is 0 Å². The van der Waals surface area contributed by atoms with E-state index in [9.17, 15) is 0 Å². The van der Waals surface area contributed by atoms with Crippen LogP contribution in [0.3, 0.4) is 0 Å². The van der Waals surface area contributed by atoms with Crippen molar-refractivity contribution in [3.63, 3.8) is 0 Å². The van der Waals surface area contributed by atoms with Crippen LogP contribution in [-0.2, 0) is 0 Å². The molecule has 12 rings (SSSR count). The Hall–Kier alpha value is -7.80. The maximum absolute atomic E-state index is 2.43. The van der Waals surface area contributed by atoms with Crippen molar-refractivity contribution < 1.29 is 0 Å². The topological polar surface area (TPSA) is 0 Å². The quantitative estimate of drug-likeness (QED) is 0.148. The standard InChI is InChI=1S/C60H38/c1-3-15-41(16-4-1)55-37-57(49-23-11-21-45(35-49)47-27-25-39-13-7-9-19-43(39)33-47)53-32-30-52-56(42-17-5-2-6-18-42)38-58(54-31-29-51(55)59(53)60(52)54)50-24-12-22-46(36-50)48-28-26-40-14-8-10-20-44(40)34-48/h1-38H. The Bertz CT molecular complexity index is 3340. The molecular formula is C60H38. The van der Waals surface area contributed by atoms with E-state index in [2.05, 4.69) is 231 Å². The first-order valence-corrected chi connectivity index (χ1v) is 20.8. The summed E-state index contributed by atoms with van der Waals surface area (Å²) in [4.78, 5) is 0. The van der Waals surface area contributed by atoms with E-state index in [1.54, 1.807) is 0 Å². The molecule has 0 aliphatic heterocycles. The summed E-state index contributed by atoms with van der Waals surface area (Å²) in [7, 11) is 0. The number of fused-ring (bicyclic) bond motifs is 2. The molecule has 0 unspecified atom stereocenters. The molecule has 12 aromatic carbocycles. The maximum Gasteiger partial charge on any atom is -0.00139 e. The molecule has 0 N–H and O–H groups in total. The molecule has 0 atom stereocenters. The molecule has 12 aromatic rings. The lowest BCUT2D eigenvalue weighted by molar-refractivity contribution is 1.60. The van der Waals surface area contributed by atoms with Gasteiger partial charge in [0.25, 0.3) is 0 Å². The second-order valence-electron chi connectivity index (χ2n) is 16.0. The van der Waals surface area contributed by atoms with Crippen molar-refractivity contribution >= 4 is 53.9 Å². The molecule has 0 radical (unpaired) electrons. The van der Waals surface area contributed by atoms with E-state index >= 15 is 0 Å². The van der Waals surface area contributed by atoms with Gasteiger partial charge in [-0.3, -0.25) is 0 Å². The molecule has 0 saturated carbocycles. The van der Waals surface area contributed by atoms with Crippen molar-refractivity contribution in [1.29, 1.82) is 0 Å². The summed E-state index contributed by atoms with van der Waals surface area (Å²) in [5, 5.41) is 12.7. The van der Waals surface area contributed by atoms with Crippen LogP contribution in [0.1, 0.15) is 0 Å². The highest BCUT2D eigenvalue weighted by atomic mass is 14.2. The number of hydrogen-bond donors (Lipinski definition) is 0. The van der Waals surface area contributed by atoms with Crippen molar-refractivity contribution in [1.82, 2.24) is 0 Å². The summed E-state index contributed by atoms with van der Waals surface area (Å²) in [6.07, 6.45) is 0. The lowest BCUT2D eigenvalue weighted by Crippen LogP contribution is -1.94. The van der Waals surface area contributed by atoms with Gasteiger partial charge < -0.3 is 0 Å². The second kappa shape index (κ2) is 13.9. The zero-order valence-electron chi connectivity index (χ0n) is 32.9. The lowest BCUT2D eigenvalue weighted by Gasteiger charge is -2.22. The molecule has 0 amide bonds. The van der Waals surface area contributed by atoms with Gasteiger partial charge in [0.1, 0.15) is 0 Å². The minimum atomic E-state index is 1.21. The van der Waals surface area contributed by atoms with Crippen LogP contribution in [0.25, 0.3) is 121 Å². The van der Waals surface area contributed by atoms with Gasteiger partial charge >= 0.3 is 0 Å². The van der Waals surface area contributed by atoms with E-state index < -0.39 is 0 Å². The maximum atomic E-state index is 2.43. The minimum absolute atomic E-state index is 1.21. The first-order valence-electron chi connectivity index (χ1n) is 20.8. The normalized spacial score (nSPS) is 11.7. The molecule has 0 fully saturated rings. The molecule has 0 aliphatic rings. The molecule has 0 aliphatic carbocycles. The summed E-state index contributed by atoms with van der Waals surface area (Å²) in [5.74, 6) is 0. The van der Waals surface area contributed by atoms with Gasteiger partial charge in [0.15, 0.2) is 0 Å². The van der Waals surface area contributed by atoms with Crippen molar-refractivity contribution in [3.05, 3.63) is 231 Å². The third kappa shape index (κ3) is 5.69. The van der Waals surface area contributed by atoms with Gasteiger partial charge in [-0.1, -0.05) is 194 Å². The lowest BCUT2D eigenvalue weighted by atomic mass is 9.81. The molecule has 0 aromatic heterocycles. The summed E-state index contributed by atoms with van der Waals surface area (Å²) >= 11 is 0. The predicted molar refractivity (Wildman–Crippen MR) is 258 cm³/mol. The highest BCUT2D eigenvalue weighted by Crippen LogP contribution is 2.49. The second-order valence-corrected chi connectivity index (χ2v) is 16.0. The van der Waals surface area contributed by atoms with E-state index in [4.69, 9.17) is 0 Å². The highest BCUT2D eigenvalue weighted by Gasteiger charge is 2.21. The zero-order chi connectivity index (χ0) is 39.6. The number of hydrogen-bond acceptors (Lipinski definition) is 0. The van der Waals surface area contributed by atoms with Gasteiger partial charge in [0.05, 0.1) is 0 Å². The van der Waals surface area contributed by atoms with E-state index in [1.807, 2.05) is 0 Å². The van der Waals surface area contributed by atoms with Crippen LogP contribution in [0.2, 0.25) is 0 Å². The van der Waals surface area contributed by atoms with Gasteiger partial charge in [-0.05, 0) is 157 Å². The zero-order valence-corrected chi connectivity index (χ0v) is 32.9. The molecule has 0 nitrogen and oxygen atoms in total. The molecular weight excluding hydrogens is 721 g/mol. The average molecular weight is 759 g/mol. The Balaban J connectivity index is 1.13. The Morgan fingerprint density at radius 2 is 0.483 bits per heavy atom. The Labute approximate surface area is 349 Å². The summed E-state index contributed by atoms with van der Waals surface area (Å²) in [6.45, 7) is 0. The monoisotopic (exact) mass is 758 g/mol. The van der Waals surface area contributed by atoms with Crippen molar-refractivity contribution in [2.75, 3.05) is 0 Å². The first-order chi connectivity index (χ1) is 29.7. The van der Waals surface area contributed by atoms with Crippen molar-refractivity contribution in [2.24, 2.45) is 0 Å². The smallest absolute Gasteiger partial charge is 0.00139 e.